The summed E-state index contributed by atoms with van der Waals surface area (Å²) in [7, 11) is 0. The van der Waals surface area contributed by atoms with Crippen molar-refractivity contribution >= 4 is 34.8 Å². The lowest BCUT2D eigenvalue weighted by Crippen LogP contribution is -2.22. The van der Waals surface area contributed by atoms with E-state index in [1.54, 1.807) is 16.7 Å². The Labute approximate surface area is 160 Å². The van der Waals surface area contributed by atoms with Crippen molar-refractivity contribution in [3.05, 3.63) is 57.7 Å². The number of rotatable bonds is 7. The van der Waals surface area contributed by atoms with Gasteiger partial charge < -0.3 is 15.4 Å². The summed E-state index contributed by atoms with van der Waals surface area (Å²) in [5, 5.41) is 12.8. The van der Waals surface area contributed by atoms with Crippen LogP contribution in [0.25, 0.3) is 10.9 Å². The van der Waals surface area contributed by atoms with Crippen LogP contribution in [0.3, 0.4) is 0 Å². The van der Waals surface area contributed by atoms with Crippen molar-refractivity contribution in [2.75, 3.05) is 5.32 Å². The Balaban J connectivity index is 1.50. The number of aromatic hydroxyl groups is 1. The standard InChI is InChI=1S/C19H20N4O3S/c24-15-9-6-11-20-17(15)22-16(25)10-2-1-5-12-23-18(26)13-7-3-4-8-14(13)21-19(23)27/h3-4,6-9,11,24H,1-2,5,10,12H2,(H,21,27)(H,20,22,25). The molecule has 0 aliphatic carbocycles. The Bertz CT molecular complexity index is 1070. The number of nitrogens with one attached hydrogen (secondary N) is 2. The summed E-state index contributed by atoms with van der Waals surface area (Å²) >= 11 is 5.28. The number of nitrogens with zero attached hydrogens (tertiary/aromatic N) is 2. The third-order valence-electron chi connectivity index (χ3n) is 4.22. The molecule has 0 spiro atoms. The van der Waals surface area contributed by atoms with E-state index in [9.17, 15) is 14.7 Å². The number of hydrogen-bond donors (Lipinski definition) is 3. The van der Waals surface area contributed by atoms with E-state index < -0.39 is 0 Å². The van der Waals surface area contributed by atoms with Crippen molar-refractivity contribution in [3.8, 4) is 5.75 Å². The van der Waals surface area contributed by atoms with Crippen molar-refractivity contribution in [3.63, 3.8) is 0 Å². The van der Waals surface area contributed by atoms with E-state index in [4.69, 9.17) is 12.2 Å². The van der Waals surface area contributed by atoms with Gasteiger partial charge in [-0.1, -0.05) is 18.6 Å². The van der Waals surface area contributed by atoms with Gasteiger partial charge in [0.15, 0.2) is 16.3 Å². The lowest BCUT2D eigenvalue weighted by Gasteiger charge is -2.08. The maximum Gasteiger partial charge on any atom is 0.262 e. The molecule has 0 unspecified atom stereocenters. The zero-order valence-electron chi connectivity index (χ0n) is 14.6. The first kappa shape index (κ1) is 18.8. The topological polar surface area (TPSA) is 100 Å². The molecule has 0 saturated carbocycles. The second kappa shape index (κ2) is 8.59. The molecular weight excluding hydrogens is 364 g/mol. The molecule has 3 aromatic rings. The van der Waals surface area contributed by atoms with Crippen LogP contribution in [0.5, 0.6) is 5.75 Å². The highest BCUT2D eigenvalue weighted by atomic mass is 32.1. The molecule has 7 nitrogen and oxygen atoms in total. The Kier molecular flexibility index (Phi) is 5.97. The van der Waals surface area contributed by atoms with Gasteiger partial charge >= 0.3 is 0 Å². The summed E-state index contributed by atoms with van der Waals surface area (Å²) in [6, 6.07) is 10.3. The first-order valence-electron chi connectivity index (χ1n) is 8.72. The van der Waals surface area contributed by atoms with Crippen LogP contribution in [0.1, 0.15) is 25.7 Å². The third-order valence-corrected chi connectivity index (χ3v) is 4.54. The largest absolute Gasteiger partial charge is 0.504 e. The van der Waals surface area contributed by atoms with Crippen LogP contribution >= 0.6 is 12.2 Å². The highest BCUT2D eigenvalue weighted by Crippen LogP contribution is 2.18. The number of pyridine rings is 1. The molecule has 2 aromatic heterocycles. The first-order chi connectivity index (χ1) is 13.1. The molecule has 2 heterocycles. The SMILES string of the molecule is O=C(CCCCCn1c(=S)[nH]c2ccccc2c1=O)Nc1ncccc1O. The number of anilines is 1. The van der Waals surface area contributed by atoms with Crippen LogP contribution in [0.4, 0.5) is 5.82 Å². The van der Waals surface area contributed by atoms with E-state index >= 15 is 0 Å². The summed E-state index contributed by atoms with van der Waals surface area (Å²) < 4.78 is 1.96. The second-order valence-corrected chi connectivity index (χ2v) is 6.55. The van der Waals surface area contributed by atoms with Gasteiger partial charge in [-0.05, 0) is 49.3 Å². The number of hydrogen-bond acceptors (Lipinski definition) is 5. The zero-order valence-corrected chi connectivity index (χ0v) is 15.5. The van der Waals surface area contributed by atoms with Crippen LogP contribution in [0.15, 0.2) is 47.4 Å². The molecule has 27 heavy (non-hydrogen) atoms. The number of aromatic amines is 1. The van der Waals surface area contributed by atoms with Crippen LogP contribution < -0.4 is 10.9 Å². The minimum Gasteiger partial charge on any atom is -0.504 e. The van der Waals surface area contributed by atoms with E-state index in [1.807, 2.05) is 18.2 Å². The summed E-state index contributed by atoms with van der Waals surface area (Å²) in [4.78, 5) is 31.4. The Morgan fingerprint density at radius 1 is 1.19 bits per heavy atom. The minimum atomic E-state index is -0.204. The maximum atomic E-state index is 12.5. The Hall–Kier alpha value is -3.00. The van der Waals surface area contributed by atoms with Gasteiger partial charge in [0.05, 0.1) is 10.9 Å². The molecule has 8 heteroatoms. The molecule has 0 fully saturated rings. The van der Waals surface area contributed by atoms with E-state index in [0.29, 0.717) is 29.5 Å². The molecular formula is C19H20N4O3S. The number of benzene rings is 1. The fourth-order valence-corrected chi connectivity index (χ4v) is 3.11. The number of unbranched alkanes of at least 4 members (excludes halogenated alkanes) is 2. The lowest BCUT2D eigenvalue weighted by molar-refractivity contribution is -0.116. The van der Waals surface area contributed by atoms with Crippen molar-refractivity contribution in [1.29, 1.82) is 0 Å². The van der Waals surface area contributed by atoms with Crippen LogP contribution in [0, 0.1) is 4.77 Å². The second-order valence-electron chi connectivity index (χ2n) is 6.16. The summed E-state index contributed by atoms with van der Waals surface area (Å²) in [6.07, 6.45) is 3.99. The van der Waals surface area contributed by atoms with Gasteiger partial charge in [-0.15, -0.1) is 0 Å². The number of H-pyrrole nitrogens is 1. The predicted octanol–water partition coefficient (Wildman–Crippen LogP) is 3.36. The fraction of sp³-hybridized carbons (Fsp3) is 0.263. The maximum absolute atomic E-state index is 12.5. The molecule has 0 atom stereocenters. The van der Waals surface area contributed by atoms with Gasteiger partial charge in [-0.25, -0.2) is 4.98 Å². The molecule has 0 bridgehead atoms. The normalized spacial score (nSPS) is 10.8. The lowest BCUT2D eigenvalue weighted by atomic mass is 10.2. The van der Waals surface area contributed by atoms with Gasteiger partial charge in [0, 0.05) is 19.2 Å². The van der Waals surface area contributed by atoms with E-state index in [0.717, 1.165) is 18.4 Å². The van der Waals surface area contributed by atoms with Crippen LogP contribution in [0.2, 0.25) is 0 Å². The quantitative estimate of drug-likeness (QED) is 0.428. The van der Waals surface area contributed by atoms with Crippen LogP contribution in [-0.2, 0) is 11.3 Å². The van der Waals surface area contributed by atoms with Gasteiger partial charge in [-0.3, -0.25) is 14.2 Å². The molecule has 3 N–H and O–H groups in total. The summed E-state index contributed by atoms with van der Waals surface area (Å²) in [6.45, 7) is 0.502. The summed E-state index contributed by atoms with van der Waals surface area (Å²) in [5.74, 6) is -0.101. The average Bonchev–Trinajstić information content (AvgIpc) is 2.65. The minimum absolute atomic E-state index is 0.0595. The first-order valence-corrected chi connectivity index (χ1v) is 9.13. The highest BCUT2D eigenvalue weighted by Gasteiger charge is 2.08. The molecule has 0 saturated heterocycles. The average molecular weight is 384 g/mol. The van der Waals surface area contributed by atoms with Gasteiger partial charge in [0.2, 0.25) is 5.91 Å². The fourth-order valence-electron chi connectivity index (χ4n) is 2.82. The number of fused-ring (bicyclic) bond motifs is 1. The molecule has 140 valence electrons. The van der Waals surface area contributed by atoms with Gasteiger partial charge in [0.1, 0.15) is 0 Å². The van der Waals surface area contributed by atoms with Crippen molar-refractivity contribution in [2.45, 2.75) is 32.2 Å². The van der Waals surface area contributed by atoms with Gasteiger partial charge in [-0.2, -0.15) is 0 Å². The Morgan fingerprint density at radius 3 is 2.81 bits per heavy atom. The van der Waals surface area contributed by atoms with Crippen molar-refractivity contribution < 1.29 is 9.90 Å². The molecule has 3 rings (SSSR count). The molecule has 0 aliphatic rings. The predicted molar refractivity (Wildman–Crippen MR) is 106 cm³/mol. The van der Waals surface area contributed by atoms with Crippen LogP contribution in [-0.4, -0.2) is 25.5 Å². The van der Waals surface area contributed by atoms with Crippen molar-refractivity contribution in [1.82, 2.24) is 14.5 Å². The van der Waals surface area contributed by atoms with E-state index in [2.05, 4.69) is 15.3 Å². The summed E-state index contributed by atoms with van der Waals surface area (Å²) in [5.41, 5.74) is 0.635. The highest BCUT2D eigenvalue weighted by molar-refractivity contribution is 7.71. The van der Waals surface area contributed by atoms with Crippen molar-refractivity contribution in [2.24, 2.45) is 0 Å². The Morgan fingerprint density at radius 2 is 2.00 bits per heavy atom. The number of carbonyl (C=O) groups is 1. The number of amides is 1. The molecule has 1 amide bonds. The number of carbonyl (C=O) groups excluding carboxylic acids is 1. The number of para-hydroxylation sites is 1. The zero-order chi connectivity index (χ0) is 19.2. The molecule has 0 aliphatic heterocycles. The van der Waals surface area contributed by atoms with Gasteiger partial charge in [0.25, 0.3) is 5.56 Å². The smallest absolute Gasteiger partial charge is 0.262 e. The monoisotopic (exact) mass is 384 g/mol. The third kappa shape index (κ3) is 4.59. The van der Waals surface area contributed by atoms with E-state index in [-0.39, 0.29) is 23.0 Å². The van der Waals surface area contributed by atoms with E-state index in [1.165, 1.54) is 12.3 Å². The molecule has 0 radical (unpaired) electrons. The molecule has 1 aromatic carbocycles. The number of aromatic nitrogens is 3.